The first-order valence-corrected chi connectivity index (χ1v) is 10.3. The Hall–Kier alpha value is -3.75. The molecule has 0 saturated carbocycles. The lowest BCUT2D eigenvalue weighted by Gasteiger charge is -2.14. The van der Waals surface area contributed by atoms with Crippen molar-refractivity contribution < 1.29 is 19.8 Å². The highest BCUT2D eigenvalue weighted by atomic mass is 16.3. The second-order valence-corrected chi connectivity index (χ2v) is 7.25. The molecule has 0 fully saturated rings. The second kappa shape index (κ2) is 11.6. The summed E-state index contributed by atoms with van der Waals surface area (Å²) in [6.45, 7) is 0.979. The van der Waals surface area contributed by atoms with E-state index in [2.05, 4.69) is 20.9 Å². The van der Waals surface area contributed by atoms with E-state index >= 15 is 0 Å². The predicted molar refractivity (Wildman–Crippen MR) is 122 cm³/mol. The van der Waals surface area contributed by atoms with Gasteiger partial charge in [-0.2, -0.15) is 0 Å². The second-order valence-electron chi connectivity index (χ2n) is 7.25. The van der Waals surface area contributed by atoms with Crippen LogP contribution < -0.4 is 16.0 Å². The van der Waals surface area contributed by atoms with Crippen LogP contribution in [0, 0.1) is 0 Å². The summed E-state index contributed by atoms with van der Waals surface area (Å²) in [6, 6.07) is 17.7. The Bertz CT molecular complexity index is 1030. The Morgan fingerprint density at radius 3 is 2.62 bits per heavy atom. The predicted octanol–water partition coefficient (Wildman–Crippen LogP) is 2.40. The van der Waals surface area contributed by atoms with Crippen molar-refractivity contribution in [3.05, 3.63) is 83.7 Å². The van der Waals surface area contributed by atoms with Crippen LogP contribution in [-0.4, -0.2) is 40.6 Å². The van der Waals surface area contributed by atoms with Crippen LogP contribution in [0.4, 0.5) is 11.4 Å². The zero-order valence-corrected chi connectivity index (χ0v) is 17.5. The van der Waals surface area contributed by atoms with Crippen LogP contribution in [0.5, 0.6) is 5.75 Å². The number of phenolic OH excluding ortho intramolecular Hbond substituents is 1. The lowest BCUT2D eigenvalue weighted by atomic mass is 10.1. The molecule has 5 N–H and O–H groups in total. The standard InChI is InChI=1S/C24H26N4O4/c29-16-27-21-13-18(6-9-22(21)30)23(31)15-25-12-10-17-4-7-19(8-5-17)28-24(32)14-20-3-1-2-11-26-20/h1-9,11,13,16,23,25,30-31H,10,12,14-15H2,(H,27,29)(H,28,32). The number of rotatable bonds is 11. The molecule has 3 rings (SSSR count). The fraction of sp³-hybridized carbons (Fsp3) is 0.208. The summed E-state index contributed by atoms with van der Waals surface area (Å²) >= 11 is 0. The molecular weight excluding hydrogens is 408 g/mol. The molecule has 0 aliphatic carbocycles. The molecule has 1 heterocycles. The van der Waals surface area contributed by atoms with E-state index in [1.165, 1.54) is 12.1 Å². The van der Waals surface area contributed by atoms with Gasteiger partial charge in [0.2, 0.25) is 12.3 Å². The van der Waals surface area contributed by atoms with Crippen molar-refractivity contribution in [2.24, 2.45) is 0 Å². The largest absolute Gasteiger partial charge is 0.506 e. The van der Waals surface area contributed by atoms with E-state index in [0.29, 0.717) is 25.1 Å². The molecule has 3 aromatic rings. The van der Waals surface area contributed by atoms with Gasteiger partial charge < -0.3 is 26.2 Å². The van der Waals surface area contributed by atoms with Gasteiger partial charge in [0, 0.05) is 24.1 Å². The van der Waals surface area contributed by atoms with Gasteiger partial charge in [0.1, 0.15) is 5.75 Å². The van der Waals surface area contributed by atoms with Gasteiger partial charge in [-0.05, 0) is 60.5 Å². The van der Waals surface area contributed by atoms with Crippen LogP contribution in [0.25, 0.3) is 0 Å². The highest BCUT2D eigenvalue weighted by Crippen LogP contribution is 2.26. The Morgan fingerprint density at radius 1 is 1.09 bits per heavy atom. The molecule has 0 aliphatic rings. The highest BCUT2D eigenvalue weighted by Gasteiger charge is 2.10. The number of nitrogens with one attached hydrogen (secondary N) is 3. The smallest absolute Gasteiger partial charge is 0.230 e. The molecule has 8 nitrogen and oxygen atoms in total. The molecule has 166 valence electrons. The van der Waals surface area contributed by atoms with E-state index in [4.69, 9.17) is 0 Å². The number of pyridine rings is 1. The molecular formula is C24H26N4O4. The fourth-order valence-corrected chi connectivity index (χ4v) is 3.16. The number of carbonyl (C=O) groups is 2. The molecule has 0 aliphatic heterocycles. The third-order valence-corrected chi connectivity index (χ3v) is 4.85. The quantitative estimate of drug-likeness (QED) is 0.179. The number of benzene rings is 2. The molecule has 0 spiro atoms. The summed E-state index contributed by atoms with van der Waals surface area (Å²) in [4.78, 5) is 26.8. The Labute approximate surface area is 186 Å². The van der Waals surface area contributed by atoms with Gasteiger partial charge in [0.15, 0.2) is 0 Å². The normalized spacial score (nSPS) is 11.5. The van der Waals surface area contributed by atoms with Gasteiger partial charge in [-0.25, -0.2) is 0 Å². The van der Waals surface area contributed by atoms with Crippen molar-refractivity contribution in [3.8, 4) is 5.75 Å². The van der Waals surface area contributed by atoms with Gasteiger partial charge in [0.05, 0.1) is 18.2 Å². The van der Waals surface area contributed by atoms with Crippen LogP contribution in [-0.2, 0) is 22.4 Å². The topological polar surface area (TPSA) is 124 Å². The maximum absolute atomic E-state index is 12.1. The van der Waals surface area contributed by atoms with Crippen molar-refractivity contribution in [1.29, 1.82) is 0 Å². The number of aliphatic hydroxyl groups is 1. The Balaban J connectivity index is 1.41. The van der Waals surface area contributed by atoms with Crippen LogP contribution >= 0.6 is 0 Å². The molecule has 2 aromatic carbocycles. The van der Waals surface area contributed by atoms with Crippen molar-refractivity contribution >= 4 is 23.7 Å². The number of aromatic nitrogens is 1. The summed E-state index contributed by atoms with van der Waals surface area (Å²) < 4.78 is 0. The molecule has 2 amide bonds. The first-order valence-electron chi connectivity index (χ1n) is 10.3. The average molecular weight is 434 g/mol. The monoisotopic (exact) mass is 434 g/mol. The molecule has 0 radical (unpaired) electrons. The van der Waals surface area contributed by atoms with E-state index < -0.39 is 6.10 Å². The molecule has 8 heteroatoms. The molecule has 1 atom stereocenters. The summed E-state index contributed by atoms with van der Waals surface area (Å²) in [7, 11) is 0. The molecule has 32 heavy (non-hydrogen) atoms. The van der Waals surface area contributed by atoms with Crippen molar-refractivity contribution in [2.45, 2.75) is 18.9 Å². The summed E-state index contributed by atoms with van der Waals surface area (Å²) in [5, 5.41) is 28.5. The maximum Gasteiger partial charge on any atom is 0.230 e. The summed E-state index contributed by atoms with van der Waals surface area (Å²) in [5.41, 5.74) is 3.38. The van der Waals surface area contributed by atoms with E-state index in [-0.39, 0.29) is 23.8 Å². The molecule has 0 bridgehead atoms. The van der Waals surface area contributed by atoms with E-state index in [9.17, 15) is 19.8 Å². The van der Waals surface area contributed by atoms with Crippen LogP contribution in [0.15, 0.2) is 66.9 Å². The van der Waals surface area contributed by atoms with Gasteiger partial charge >= 0.3 is 0 Å². The van der Waals surface area contributed by atoms with Crippen LogP contribution in [0.1, 0.15) is 22.9 Å². The SMILES string of the molecule is O=CNc1cc(C(O)CNCCc2ccc(NC(=O)Cc3ccccn3)cc2)ccc1O. The number of nitrogens with zero attached hydrogens (tertiary/aromatic N) is 1. The van der Waals surface area contributed by atoms with Crippen molar-refractivity contribution in [1.82, 2.24) is 10.3 Å². The number of aromatic hydroxyl groups is 1. The fourth-order valence-electron chi connectivity index (χ4n) is 3.16. The number of hydrogen-bond acceptors (Lipinski definition) is 6. The maximum atomic E-state index is 12.1. The number of aliphatic hydroxyl groups excluding tert-OH is 1. The Kier molecular flexibility index (Phi) is 8.30. The third kappa shape index (κ3) is 6.90. The first kappa shape index (κ1) is 22.9. The zero-order valence-electron chi connectivity index (χ0n) is 17.5. The molecule has 1 unspecified atom stereocenters. The van der Waals surface area contributed by atoms with Gasteiger partial charge in [-0.15, -0.1) is 0 Å². The minimum Gasteiger partial charge on any atom is -0.506 e. The average Bonchev–Trinajstić information content (AvgIpc) is 2.80. The lowest BCUT2D eigenvalue weighted by molar-refractivity contribution is -0.115. The Morgan fingerprint density at radius 2 is 1.91 bits per heavy atom. The highest BCUT2D eigenvalue weighted by molar-refractivity contribution is 5.92. The van der Waals surface area contributed by atoms with E-state index in [0.717, 1.165) is 23.4 Å². The minimum absolute atomic E-state index is 0.0580. The van der Waals surface area contributed by atoms with Crippen molar-refractivity contribution in [2.75, 3.05) is 23.7 Å². The number of amides is 2. The van der Waals surface area contributed by atoms with Crippen molar-refractivity contribution in [3.63, 3.8) is 0 Å². The first-order chi connectivity index (χ1) is 15.5. The van der Waals surface area contributed by atoms with Gasteiger partial charge in [-0.1, -0.05) is 24.3 Å². The van der Waals surface area contributed by atoms with E-state index in [1.54, 1.807) is 12.3 Å². The number of carbonyl (C=O) groups excluding carboxylic acids is 2. The molecule has 0 saturated heterocycles. The molecule has 1 aromatic heterocycles. The summed E-state index contributed by atoms with van der Waals surface area (Å²) in [5.74, 6) is -0.176. The van der Waals surface area contributed by atoms with Gasteiger partial charge in [0.25, 0.3) is 0 Å². The minimum atomic E-state index is -0.778. The summed E-state index contributed by atoms with van der Waals surface area (Å²) in [6.07, 6.45) is 2.34. The van der Waals surface area contributed by atoms with Gasteiger partial charge in [-0.3, -0.25) is 14.6 Å². The third-order valence-electron chi connectivity index (χ3n) is 4.85. The number of anilines is 2. The lowest BCUT2D eigenvalue weighted by Crippen LogP contribution is -2.23. The number of hydrogen-bond donors (Lipinski definition) is 5. The van der Waals surface area contributed by atoms with Crippen LogP contribution in [0.3, 0.4) is 0 Å². The van der Waals surface area contributed by atoms with E-state index in [1.807, 2.05) is 42.5 Å². The number of phenols is 1. The zero-order chi connectivity index (χ0) is 22.8. The van der Waals surface area contributed by atoms with Crippen LogP contribution in [0.2, 0.25) is 0 Å².